The molecule has 0 aromatic heterocycles. The first-order valence-electron chi connectivity index (χ1n) is 6.38. The van der Waals surface area contributed by atoms with Gasteiger partial charge in [0.15, 0.2) is 5.78 Å². The molecule has 0 heterocycles. The molecule has 0 N–H and O–H groups in total. The van der Waals surface area contributed by atoms with Crippen LogP contribution in [0.1, 0.15) is 28.4 Å². The Kier molecular flexibility index (Phi) is 4.62. The van der Waals surface area contributed by atoms with E-state index in [1.165, 1.54) is 5.56 Å². The Hall–Kier alpha value is -2.22. The van der Waals surface area contributed by atoms with Crippen LogP contribution in [0.2, 0.25) is 0 Å². The highest BCUT2D eigenvalue weighted by Gasteiger charge is 1.99. The van der Waals surface area contributed by atoms with E-state index in [9.17, 15) is 4.79 Å². The number of hydrogen-bond acceptors (Lipinski definition) is 2. The average molecular weight is 251 g/mol. The fraction of sp³-hybridized carbons (Fsp3) is 0.176. The molecule has 0 aliphatic heterocycles. The molecular weight excluding hydrogens is 234 g/mol. The normalized spacial score (nSPS) is 10.8. The number of carbonyl (C=O) groups excluding carboxylic acids is 1. The zero-order chi connectivity index (χ0) is 13.5. The summed E-state index contributed by atoms with van der Waals surface area (Å²) in [5.74, 6) is 0.100. The van der Waals surface area contributed by atoms with E-state index in [0.717, 1.165) is 17.5 Å². The number of Topliss-reactive ketones (excluding diaryl/α,β-unsaturated/α-hetero) is 1. The van der Waals surface area contributed by atoms with Crippen molar-refractivity contribution >= 4 is 12.0 Å². The molecule has 0 aliphatic rings. The van der Waals surface area contributed by atoms with Crippen LogP contribution in [0, 0.1) is 0 Å². The minimum Gasteiger partial charge on any atom is -0.295 e. The van der Waals surface area contributed by atoms with E-state index in [0.29, 0.717) is 6.54 Å². The fourth-order valence-electron chi connectivity index (χ4n) is 1.84. The third kappa shape index (κ3) is 4.18. The zero-order valence-corrected chi connectivity index (χ0v) is 11.0. The van der Waals surface area contributed by atoms with E-state index < -0.39 is 0 Å². The fourth-order valence-corrected chi connectivity index (χ4v) is 1.84. The van der Waals surface area contributed by atoms with Crippen molar-refractivity contribution in [3.63, 3.8) is 0 Å². The van der Waals surface area contributed by atoms with Crippen LogP contribution in [-0.4, -0.2) is 12.0 Å². The Morgan fingerprint density at radius 2 is 1.79 bits per heavy atom. The number of benzene rings is 2. The van der Waals surface area contributed by atoms with Crippen molar-refractivity contribution in [2.45, 2.75) is 19.9 Å². The number of hydrogen-bond donors (Lipinski definition) is 0. The highest BCUT2D eigenvalue weighted by atomic mass is 16.1. The second kappa shape index (κ2) is 6.64. The molecule has 0 fully saturated rings. The third-order valence-corrected chi connectivity index (χ3v) is 2.91. The lowest BCUT2D eigenvalue weighted by Gasteiger charge is -1.99. The number of aliphatic imine (C=N–C) groups is 1. The van der Waals surface area contributed by atoms with Crippen molar-refractivity contribution in [2.24, 2.45) is 4.99 Å². The van der Waals surface area contributed by atoms with Gasteiger partial charge in [-0.3, -0.25) is 9.79 Å². The van der Waals surface area contributed by atoms with E-state index in [2.05, 4.69) is 17.1 Å². The molecule has 0 saturated carbocycles. The zero-order valence-electron chi connectivity index (χ0n) is 11.0. The molecule has 0 amide bonds. The van der Waals surface area contributed by atoms with Crippen molar-refractivity contribution in [1.29, 1.82) is 0 Å². The highest BCUT2D eigenvalue weighted by Crippen LogP contribution is 2.06. The molecule has 0 saturated heterocycles. The van der Waals surface area contributed by atoms with Crippen LogP contribution in [0.3, 0.4) is 0 Å². The van der Waals surface area contributed by atoms with E-state index in [1.54, 1.807) is 6.92 Å². The molecule has 0 atom stereocenters. The molecule has 19 heavy (non-hydrogen) atoms. The molecule has 2 aromatic rings. The van der Waals surface area contributed by atoms with Crippen molar-refractivity contribution in [2.75, 3.05) is 0 Å². The summed E-state index contributed by atoms with van der Waals surface area (Å²) in [5, 5.41) is 0. The van der Waals surface area contributed by atoms with Crippen LogP contribution in [0.15, 0.2) is 59.6 Å². The number of rotatable bonds is 5. The van der Waals surface area contributed by atoms with Crippen LogP contribution in [0.25, 0.3) is 0 Å². The third-order valence-electron chi connectivity index (χ3n) is 2.91. The maximum atomic E-state index is 11.3. The van der Waals surface area contributed by atoms with Gasteiger partial charge in [-0.1, -0.05) is 48.5 Å². The van der Waals surface area contributed by atoms with E-state index in [4.69, 9.17) is 0 Å². The standard InChI is InChI=1S/C17H17NO/c1-14(19)17-9-5-8-15(12-17)10-11-18-13-16-6-3-2-4-7-16/h2-9,11-12H,10,13H2,1H3. The van der Waals surface area contributed by atoms with Gasteiger partial charge in [-0.25, -0.2) is 0 Å². The average Bonchev–Trinajstić information content (AvgIpc) is 2.45. The van der Waals surface area contributed by atoms with Gasteiger partial charge in [-0.05, 0) is 24.1 Å². The van der Waals surface area contributed by atoms with Gasteiger partial charge >= 0.3 is 0 Å². The van der Waals surface area contributed by atoms with Gasteiger partial charge < -0.3 is 0 Å². The predicted molar refractivity (Wildman–Crippen MR) is 78.8 cm³/mol. The summed E-state index contributed by atoms with van der Waals surface area (Å²) >= 11 is 0. The largest absolute Gasteiger partial charge is 0.295 e. The summed E-state index contributed by atoms with van der Waals surface area (Å²) in [5.41, 5.74) is 3.08. The van der Waals surface area contributed by atoms with Gasteiger partial charge in [-0.2, -0.15) is 0 Å². The summed E-state index contributed by atoms with van der Waals surface area (Å²) in [4.78, 5) is 15.7. The molecule has 0 bridgehead atoms. The van der Waals surface area contributed by atoms with Crippen LogP contribution in [0.5, 0.6) is 0 Å². The van der Waals surface area contributed by atoms with Crippen LogP contribution >= 0.6 is 0 Å². The van der Waals surface area contributed by atoms with E-state index in [1.807, 2.05) is 48.7 Å². The maximum absolute atomic E-state index is 11.3. The Balaban J connectivity index is 1.92. The second-order valence-electron chi connectivity index (χ2n) is 4.47. The number of carbonyl (C=O) groups is 1. The van der Waals surface area contributed by atoms with Crippen LogP contribution < -0.4 is 0 Å². The van der Waals surface area contributed by atoms with Crippen LogP contribution in [-0.2, 0) is 13.0 Å². The monoisotopic (exact) mass is 251 g/mol. The van der Waals surface area contributed by atoms with Crippen molar-refractivity contribution in [3.8, 4) is 0 Å². The molecule has 0 spiro atoms. The van der Waals surface area contributed by atoms with Gasteiger partial charge in [0.05, 0.1) is 6.54 Å². The Bertz CT molecular complexity index is 573. The Morgan fingerprint density at radius 3 is 2.53 bits per heavy atom. The summed E-state index contributed by atoms with van der Waals surface area (Å²) in [6.45, 7) is 2.29. The molecule has 0 radical (unpaired) electrons. The molecule has 2 aromatic carbocycles. The Labute approximate surface area is 113 Å². The van der Waals surface area contributed by atoms with E-state index in [-0.39, 0.29) is 5.78 Å². The van der Waals surface area contributed by atoms with Crippen molar-refractivity contribution in [1.82, 2.24) is 0 Å². The van der Waals surface area contributed by atoms with Gasteiger partial charge in [-0.15, -0.1) is 0 Å². The maximum Gasteiger partial charge on any atom is 0.159 e. The van der Waals surface area contributed by atoms with Crippen molar-refractivity contribution in [3.05, 3.63) is 71.3 Å². The highest BCUT2D eigenvalue weighted by molar-refractivity contribution is 5.94. The van der Waals surface area contributed by atoms with Crippen molar-refractivity contribution < 1.29 is 4.79 Å². The smallest absolute Gasteiger partial charge is 0.159 e. The van der Waals surface area contributed by atoms with Crippen LogP contribution in [0.4, 0.5) is 0 Å². The van der Waals surface area contributed by atoms with Gasteiger partial charge in [0.1, 0.15) is 0 Å². The second-order valence-corrected chi connectivity index (χ2v) is 4.47. The molecule has 2 nitrogen and oxygen atoms in total. The molecule has 2 heteroatoms. The topological polar surface area (TPSA) is 29.4 Å². The first-order valence-corrected chi connectivity index (χ1v) is 6.38. The quantitative estimate of drug-likeness (QED) is 0.588. The molecule has 2 rings (SSSR count). The summed E-state index contributed by atoms with van der Waals surface area (Å²) < 4.78 is 0. The molecular formula is C17H17NO. The predicted octanol–water partition coefficient (Wildman–Crippen LogP) is 3.70. The van der Waals surface area contributed by atoms with E-state index >= 15 is 0 Å². The SMILES string of the molecule is CC(=O)c1cccc(CC=NCc2ccccc2)c1. The lowest BCUT2D eigenvalue weighted by atomic mass is 10.1. The lowest BCUT2D eigenvalue weighted by Crippen LogP contribution is -1.94. The van der Waals surface area contributed by atoms with Gasteiger partial charge in [0.25, 0.3) is 0 Å². The summed E-state index contributed by atoms with van der Waals surface area (Å²) in [6.07, 6.45) is 2.67. The minimum absolute atomic E-state index is 0.100. The summed E-state index contributed by atoms with van der Waals surface area (Å²) in [7, 11) is 0. The summed E-state index contributed by atoms with van der Waals surface area (Å²) in [6, 6.07) is 17.9. The first kappa shape index (κ1) is 13.2. The lowest BCUT2D eigenvalue weighted by molar-refractivity contribution is 0.101. The van der Waals surface area contributed by atoms with Gasteiger partial charge in [0.2, 0.25) is 0 Å². The number of ketones is 1. The first-order chi connectivity index (χ1) is 9.25. The Morgan fingerprint density at radius 1 is 1.05 bits per heavy atom. The van der Waals surface area contributed by atoms with Gasteiger partial charge in [0, 0.05) is 18.2 Å². The number of nitrogens with zero attached hydrogens (tertiary/aromatic N) is 1. The minimum atomic E-state index is 0.100. The molecule has 96 valence electrons. The molecule has 0 unspecified atom stereocenters. The molecule has 0 aliphatic carbocycles.